The van der Waals surface area contributed by atoms with Crippen LogP contribution in [0, 0.1) is 5.92 Å². The van der Waals surface area contributed by atoms with Gasteiger partial charge in [0.15, 0.2) is 0 Å². The van der Waals surface area contributed by atoms with E-state index >= 15 is 0 Å². The minimum Gasteiger partial charge on any atom is -0.478 e. The molecule has 0 atom stereocenters. The zero-order valence-corrected chi connectivity index (χ0v) is 17.0. The summed E-state index contributed by atoms with van der Waals surface area (Å²) in [5.74, 6) is -0.980. The first-order valence-electron chi connectivity index (χ1n) is 9.51. The van der Waals surface area contributed by atoms with Crippen molar-refractivity contribution in [3.05, 3.63) is 76.7 Å². The molecule has 0 unspecified atom stereocenters. The summed E-state index contributed by atoms with van der Waals surface area (Å²) in [4.78, 5) is 25.2. The SMILES string of the molecule is CC(C)Cc1csc(NC(=O)c2c3ccccc3cc3ccccc23)c1C(=O)O. The van der Waals surface area contributed by atoms with Gasteiger partial charge in [0.05, 0.1) is 11.1 Å². The van der Waals surface area contributed by atoms with E-state index in [0.29, 0.717) is 22.9 Å². The maximum absolute atomic E-state index is 13.4. The second-order valence-electron chi connectivity index (χ2n) is 7.52. The number of hydrogen-bond acceptors (Lipinski definition) is 3. The second kappa shape index (κ2) is 7.68. The van der Waals surface area contributed by atoms with Crippen LogP contribution >= 0.6 is 11.3 Å². The molecule has 4 rings (SSSR count). The fourth-order valence-corrected chi connectivity index (χ4v) is 4.70. The van der Waals surface area contributed by atoms with Gasteiger partial charge in [0, 0.05) is 0 Å². The Kier molecular flexibility index (Phi) is 5.07. The van der Waals surface area contributed by atoms with Crippen LogP contribution in [0.15, 0.2) is 60.0 Å². The Morgan fingerprint density at radius 1 is 0.966 bits per heavy atom. The molecule has 0 aliphatic heterocycles. The number of carboxylic acid groups (broad SMARTS) is 1. The van der Waals surface area contributed by atoms with Crippen LogP contribution in [0.2, 0.25) is 0 Å². The zero-order valence-electron chi connectivity index (χ0n) is 16.2. The van der Waals surface area contributed by atoms with Crippen LogP contribution < -0.4 is 5.32 Å². The molecule has 0 radical (unpaired) electrons. The summed E-state index contributed by atoms with van der Waals surface area (Å²) >= 11 is 1.27. The van der Waals surface area contributed by atoms with Gasteiger partial charge < -0.3 is 10.4 Å². The fraction of sp³-hybridized carbons (Fsp3) is 0.167. The molecule has 0 saturated heterocycles. The van der Waals surface area contributed by atoms with E-state index in [2.05, 4.69) is 11.4 Å². The predicted molar refractivity (Wildman–Crippen MR) is 119 cm³/mol. The van der Waals surface area contributed by atoms with E-state index in [1.54, 1.807) is 0 Å². The second-order valence-corrected chi connectivity index (χ2v) is 8.40. The summed E-state index contributed by atoms with van der Waals surface area (Å²) in [6, 6.07) is 17.6. The topological polar surface area (TPSA) is 66.4 Å². The molecular formula is C24H21NO3S. The maximum atomic E-state index is 13.4. The monoisotopic (exact) mass is 403 g/mol. The largest absolute Gasteiger partial charge is 0.478 e. The first-order chi connectivity index (χ1) is 14.0. The highest BCUT2D eigenvalue weighted by Crippen LogP contribution is 2.33. The van der Waals surface area contributed by atoms with E-state index < -0.39 is 5.97 Å². The molecule has 5 heteroatoms. The van der Waals surface area contributed by atoms with E-state index in [4.69, 9.17) is 0 Å². The van der Waals surface area contributed by atoms with E-state index in [1.807, 2.05) is 67.8 Å². The summed E-state index contributed by atoms with van der Waals surface area (Å²) in [6.45, 7) is 4.09. The van der Waals surface area contributed by atoms with Crippen molar-refractivity contribution in [3.8, 4) is 0 Å². The number of hydrogen-bond donors (Lipinski definition) is 2. The third-order valence-corrected chi connectivity index (χ3v) is 5.88. The summed E-state index contributed by atoms with van der Waals surface area (Å²) in [7, 11) is 0. The van der Waals surface area contributed by atoms with Crippen LogP contribution in [-0.4, -0.2) is 17.0 Å². The highest BCUT2D eigenvalue weighted by Gasteiger charge is 2.22. The Labute approximate surface area is 172 Å². The van der Waals surface area contributed by atoms with Gasteiger partial charge in [0.1, 0.15) is 5.00 Å². The van der Waals surface area contributed by atoms with Gasteiger partial charge in [-0.2, -0.15) is 0 Å². The Morgan fingerprint density at radius 2 is 1.55 bits per heavy atom. The molecule has 0 saturated carbocycles. The average Bonchev–Trinajstić information content (AvgIpc) is 3.07. The van der Waals surface area contributed by atoms with Crippen LogP contribution in [0.5, 0.6) is 0 Å². The summed E-state index contributed by atoms with van der Waals surface area (Å²) in [5, 5.41) is 18.5. The normalized spacial score (nSPS) is 11.3. The van der Waals surface area contributed by atoms with Crippen LogP contribution in [-0.2, 0) is 6.42 Å². The number of nitrogens with one attached hydrogen (secondary N) is 1. The smallest absolute Gasteiger partial charge is 0.338 e. The first kappa shape index (κ1) is 19.2. The zero-order chi connectivity index (χ0) is 20.5. The minimum absolute atomic E-state index is 0.196. The Bertz CT molecular complexity index is 1190. The number of rotatable bonds is 5. The van der Waals surface area contributed by atoms with Crippen molar-refractivity contribution in [3.63, 3.8) is 0 Å². The van der Waals surface area contributed by atoms with Crippen LogP contribution in [0.3, 0.4) is 0 Å². The van der Waals surface area contributed by atoms with Crippen LogP contribution in [0.1, 0.15) is 40.1 Å². The number of carbonyl (C=O) groups excluding carboxylic acids is 1. The number of carbonyl (C=O) groups is 2. The molecule has 29 heavy (non-hydrogen) atoms. The van der Waals surface area contributed by atoms with Crippen molar-refractivity contribution in [1.29, 1.82) is 0 Å². The highest BCUT2D eigenvalue weighted by molar-refractivity contribution is 7.15. The van der Waals surface area contributed by atoms with Gasteiger partial charge in [-0.15, -0.1) is 11.3 Å². The number of benzene rings is 3. The number of carboxylic acids is 1. The van der Waals surface area contributed by atoms with Gasteiger partial charge in [-0.05, 0) is 50.9 Å². The Morgan fingerprint density at radius 3 is 2.10 bits per heavy atom. The molecule has 0 spiro atoms. The third-order valence-electron chi connectivity index (χ3n) is 4.93. The minimum atomic E-state index is -1.01. The van der Waals surface area contributed by atoms with Gasteiger partial charge in [-0.25, -0.2) is 4.79 Å². The number of fused-ring (bicyclic) bond motifs is 2. The van der Waals surface area contributed by atoms with E-state index in [9.17, 15) is 14.7 Å². The molecule has 4 nitrogen and oxygen atoms in total. The molecule has 2 N–H and O–H groups in total. The molecule has 4 aromatic rings. The number of amides is 1. The van der Waals surface area contributed by atoms with Crippen molar-refractivity contribution in [1.82, 2.24) is 0 Å². The van der Waals surface area contributed by atoms with Gasteiger partial charge in [0.25, 0.3) is 5.91 Å². The summed E-state index contributed by atoms with van der Waals surface area (Å²) < 4.78 is 0. The molecule has 0 aliphatic carbocycles. The molecule has 0 aliphatic rings. The third kappa shape index (κ3) is 3.61. The lowest BCUT2D eigenvalue weighted by Crippen LogP contribution is -2.15. The van der Waals surface area contributed by atoms with Crippen molar-refractivity contribution in [2.24, 2.45) is 5.92 Å². The molecule has 0 fully saturated rings. The van der Waals surface area contributed by atoms with Gasteiger partial charge in [-0.3, -0.25) is 4.79 Å². The lowest BCUT2D eigenvalue weighted by Gasteiger charge is -2.12. The summed E-state index contributed by atoms with van der Waals surface area (Å²) in [5.41, 5.74) is 1.52. The maximum Gasteiger partial charge on any atom is 0.338 e. The van der Waals surface area contributed by atoms with Crippen molar-refractivity contribution in [2.45, 2.75) is 20.3 Å². The molecule has 0 bridgehead atoms. The Hall–Kier alpha value is -3.18. The van der Waals surface area contributed by atoms with E-state index in [1.165, 1.54) is 11.3 Å². The molecule has 1 heterocycles. The van der Waals surface area contributed by atoms with Crippen LogP contribution in [0.25, 0.3) is 21.5 Å². The molecule has 1 amide bonds. The molecule has 146 valence electrons. The number of aromatic carboxylic acids is 1. The number of thiophene rings is 1. The van der Waals surface area contributed by atoms with E-state index in [-0.39, 0.29) is 11.5 Å². The molecule has 3 aromatic carbocycles. The fourth-order valence-electron chi connectivity index (χ4n) is 3.73. The highest BCUT2D eigenvalue weighted by atomic mass is 32.1. The lowest BCUT2D eigenvalue weighted by atomic mass is 9.96. The average molecular weight is 404 g/mol. The standard InChI is InChI=1S/C24H21NO3S/c1-14(2)11-17-13-29-23(20(17)24(27)28)25-22(26)21-18-9-5-3-7-15(18)12-16-8-4-6-10-19(16)21/h3-10,12-14H,11H2,1-2H3,(H,25,26)(H,27,28). The van der Waals surface area contributed by atoms with E-state index in [0.717, 1.165) is 27.1 Å². The van der Waals surface area contributed by atoms with Gasteiger partial charge in [0.2, 0.25) is 0 Å². The molecule has 1 aromatic heterocycles. The Balaban J connectivity index is 1.83. The first-order valence-corrected chi connectivity index (χ1v) is 10.4. The number of anilines is 1. The van der Waals surface area contributed by atoms with Crippen molar-refractivity contribution in [2.75, 3.05) is 5.32 Å². The van der Waals surface area contributed by atoms with Crippen molar-refractivity contribution < 1.29 is 14.7 Å². The van der Waals surface area contributed by atoms with Crippen molar-refractivity contribution >= 4 is 49.8 Å². The van der Waals surface area contributed by atoms with Gasteiger partial charge >= 0.3 is 5.97 Å². The quantitative estimate of drug-likeness (QED) is 0.390. The molecular weight excluding hydrogens is 382 g/mol. The predicted octanol–water partition coefficient (Wildman–Crippen LogP) is 6.20. The van der Waals surface area contributed by atoms with Crippen LogP contribution in [0.4, 0.5) is 5.00 Å². The summed E-state index contributed by atoms with van der Waals surface area (Å²) in [6.07, 6.45) is 0.658. The lowest BCUT2D eigenvalue weighted by molar-refractivity contribution is 0.0697. The van der Waals surface area contributed by atoms with Gasteiger partial charge in [-0.1, -0.05) is 62.4 Å².